The lowest BCUT2D eigenvalue weighted by molar-refractivity contribution is 0.163. The largest absolute Gasteiger partial charge is 0.484 e. The molecule has 11 heteroatoms. The minimum absolute atomic E-state index is 0.784. The highest BCUT2D eigenvalue weighted by Gasteiger charge is 2.57. The molecule has 0 atom stereocenters. The van der Waals surface area contributed by atoms with E-state index in [0.29, 0.717) is 0 Å². The maximum atomic E-state index is 12.5. The Hall–Kier alpha value is -0.360. The first-order valence-electron chi connectivity index (χ1n) is 3.01. The Kier molecular flexibility index (Phi) is 3.92. The molecule has 0 saturated heterocycles. The molecule has 0 aliphatic rings. The smallest absolute Gasteiger partial charge is 0.395 e. The van der Waals surface area contributed by atoms with Crippen molar-refractivity contribution in [1.82, 2.24) is 4.72 Å². The van der Waals surface area contributed by atoms with Crippen molar-refractivity contribution in [2.45, 2.75) is 4.59 Å². The van der Waals surface area contributed by atoms with Gasteiger partial charge in [0.15, 0.2) is 0 Å². The number of sulfonamides is 1. The number of aliphatic hydroxyl groups is 1. The molecular weight excluding hydrogens is 248 g/mol. The van der Waals surface area contributed by atoms with Gasteiger partial charge in [-0.05, 0) is 0 Å². The molecular formula is C3H7F2NO6S2. The van der Waals surface area contributed by atoms with Gasteiger partial charge in [0.05, 0.1) is 6.61 Å². The molecule has 0 aromatic rings. The van der Waals surface area contributed by atoms with Gasteiger partial charge in [-0.3, -0.25) is 4.55 Å². The normalized spacial score (nSPS) is 14.3. The summed E-state index contributed by atoms with van der Waals surface area (Å²) in [6, 6.07) is 0. The molecule has 0 heterocycles. The van der Waals surface area contributed by atoms with E-state index in [4.69, 9.17) is 9.66 Å². The lowest BCUT2D eigenvalue weighted by Crippen LogP contribution is -2.45. The van der Waals surface area contributed by atoms with E-state index >= 15 is 0 Å². The Balaban J connectivity index is 5.11. The summed E-state index contributed by atoms with van der Waals surface area (Å²) in [5.74, 6) is 0. The molecule has 3 N–H and O–H groups in total. The molecule has 0 amide bonds. The minimum atomic E-state index is -6.06. The average Bonchev–Trinajstić information content (AvgIpc) is 1.98. The van der Waals surface area contributed by atoms with E-state index in [0.717, 1.165) is 4.72 Å². The van der Waals surface area contributed by atoms with Crippen molar-refractivity contribution in [2.24, 2.45) is 0 Å². The van der Waals surface area contributed by atoms with Crippen LogP contribution < -0.4 is 4.72 Å². The van der Waals surface area contributed by atoms with Crippen LogP contribution in [0.25, 0.3) is 0 Å². The SMILES string of the molecule is O=S(=O)(O)C(F)(F)S(=O)(=O)NCCO. The Labute approximate surface area is 78.5 Å². The van der Waals surface area contributed by atoms with Gasteiger partial charge in [-0.25, -0.2) is 13.1 Å². The first kappa shape index (κ1) is 13.6. The van der Waals surface area contributed by atoms with Gasteiger partial charge in [0.25, 0.3) is 10.0 Å². The topological polar surface area (TPSA) is 121 Å². The zero-order valence-electron chi connectivity index (χ0n) is 6.51. The predicted octanol–water partition coefficient (Wildman–Crippen LogP) is -1.66. The molecule has 0 bridgehead atoms. The third-order valence-corrected chi connectivity index (χ3v) is 4.12. The average molecular weight is 255 g/mol. The van der Waals surface area contributed by atoms with E-state index in [1.807, 2.05) is 0 Å². The number of halogens is 2. The maximum Gasteiger partial charge on any atom is 0.484 e. The second kappa shape index (κ2) is 4.02. The third-order valence-electron chi connectivity index (χ3n) is 1.02. The summed E-state index contributed by atoms with van der Waals surface area (Å²) >= 11 is 0. The van der Waals surface area contributed by atoms with Crippen LogP contribution in [0, 0.1) is 0 Å². The summed E-state index contributed by atoms with van der Waals surface area (Å²) in [5, 5.41) is 8.11. The molecule has 0 saturated carbocycles. The van der Waals surface area contributed by atoms with E-state index in [9.17, 15) is 25.6 Å². The van der Waals surface area contributed by atoms with Gasteiger partial charge < -0.3 is 5.11 Å². The first-order chi connectivity index (χ1) is 6.06. The van der Waals surface area contributed by atoms with Gasteiger partial charge >= 0.3 is 14.7 Å². The van der Waals surface area contributed by atoms with Gasteiger partial charge in [-0.2, -0.15) is 17.2 Å². The van der Waals surface area contributed by atoms with Crippen LogP contribution >= 0.6 is 0 Å². The van der Waals surface area contributed by atoms with Crippen molar-refractivity contribution in [3.8, 4) is 0 Å². The Bertz CT molecular complexity index is 385. The van der Waals surface area contributed by atoms with Crippen molar-refractivity contribution >= 4 is 20.1 Å². The molecule has 0 fully saturated rings. The monoisotopic (exact) mass is 255 g/mol. The predicted molar refractivity (Wildman–Crippen MR) is 40.5 cm³/mol. The first-order valence-corrected chi connectivity index (χ1v) is 5.93. The van der Waals surface area contributed by atoms with Crippen LogP contribution in [-0.2, 0) is 20.1 Å². The van der Waals surface area contributed by atoms with E-state index in [1.165, 1.54) is 0 Å². The Morgan fingerprint density at radius 1 is 1.21 bits per heavy atom. The fraction of sp³-hybridized carbons (Fsp3) is 1.00. The maximum absolute atomic E-state index is 12.5. The van der Waals surface area contributed by atoms with E-state index < -0.39 is 37.9 Å². The number of alkyl halides is 2. The van der Waals surface area contributed by atoms with Crippen LogP contribution in [0.4, 0.5) is 8.78 Å². The molecule has 0 rings (SSSR count). The van der Waals surface area contributed by atoms with Gasteiger partial charge in [-0.1, -0.05) is 0 Å². The second-order valence-corrected chi connectivity index (χ2v) is 5.59. The van der Waals surface area contributed by atoms with Gasteiger partial charge in [0.1, 0.15) is 0 Å². The van der Waals surface area contributed by atoms with Crippen LogP contribution in [0.5, 0.6) is 0 Å². The number of hydrogen-bond acceptors (Lipinski definition) is 5. The van der Waals surface area contributed by atoms with Gasteiger partial charge in [0, 0.05) is 6.54 Å². The van der Waals surface area contributed by atoms with Gasteiger partial charge in [-0.15, -0.1) is 0 Å². The third kappa shape index (κ3) is 2.57. The standard InChI is InChI=1S/C3H7F2NO6S2/c4-3(5,14(10,11)12)13(8,9)6-1-2-7/h6-7H,1-2H2,(H,10,11,12). The van der Waals surface area contributed by atoms with Crippen LogP contribution in [0.15, 0.2) is 0 Å². The summed E-state index contributed by atoms with van der Waals surface area (Å²) in [4.78, 5) is 0. The number of aliphatic hydroxyl groups excluding tert-OH is 1. The molecule has 0 aliphatic heterocycles. The van der Waals surface area contributed by atoms with Crippen molar-refractivity contribution in [3.63, 3.8) is 0 Å². The van der Waals surface area contributed by atoms with Crippen molar-refractivity contribution < 1.29 is 35.3 Å². The zero-order chi connectivity index (χ0) is 11.6. The number of nitrogens with one attached hydrogen (secondary N) is 1. The highest BCUT2D eigenvalue weighted by atomic mass is 32.3. The lowest BCUT2D eigenvalue weighted by Gasteiger charge is -2.13. The summed E-state index contributed by atoms with van der Waals surface area (Å²) in [6.07, 6.45) is 0. The fourth-order valence-electron chi connectivity index (χ4n) is 0.403. The summed E-state index contributed by atoms with van der Waals surface area (Å²) in [5.41, 5.74) is 0. The highest BCUT2D eigenvalue weighted by molar-refractivity contribution is 8.06. The van der Waals surface area contributed by atoms with Crippen molar-refractivity contribution in [1.29, 1.82) is 0 Å². The van der Waals surface area contributed by atoms with E-state index in [2.05, 4.69) is 0 Å². The fourth-order valence-corrected chi connectivity index (χ4v) is 2.22. The molecule has 7 nitrogen and oxygen atoms in total. The summed E-state index contributed by atoms with van der Waals surface area (Å²) in [6.45, 7) is -1.58. The Morgan fingerprint density at radius 2 is 1.64 bits per heavy atom. The zero-order valence-corrected chi connectivity index (χ0v) is 8.15. The molecule has 0 aliphatic carbocycles. The van der Waals surface area contributed by atoms with Gasteiger partial charge in [0.2, 0.25) is 0 Å². The number of hydrogen-bond donors (Lipinski definition) is 3. The van der Waals surface area contributed by atoms with Crippen LogP contribution in [0.3, 0.4) is 0 Å². The lowest BCUT2D eigenvalue weighted by atomic mass is 10.8. The Morgan fingerprint density at radius 3 is 1.93 bits per heavy atom. The molecule has 0 spiro atoms. The molecule has 0 aromatic heterocycles. The van der Waals surface area contributed by atoms with Crippen LogP contribution in [-0.4, -0.2) is 44.2 Å². The quantitative estimate of drug-likeness (QED) is 0.505. The summed E-state index contributed by atoms with van der Waals surface area (Å²) < 4.78 is 69.7. The summed E-state index contributed by atoms with van der Waals surface area (Å²) in [7, 11) is -11.6. The minimum Gasteiger partial charge on any atom is -0.395 e. The van der Waals surface area contributed by atoms with E-state index in [1.54, 1.807) is 0 Å². The number of rotatable bonds is 5. The highest BCUT2D eigenvalue weighted by Crippen LogP contribution is 2.26. The molecule has 14 heavy (non-hydrogen) atoms. The van der Waals surface area contributed by atoms with Crippen LogP contribution in [0.1, 0.15) is 0 Å². The molecule has 0 radical (unpaired) electrons. The van der Waals surface area contributed by atoms with Crippen molar-refractivity contribution in [3.05, 3.63) is 0 Å². The van der Waals surface area contributed by atoms with E-state index in [-0.39, 0.29) is 0 Å². The molecule has 0 aromatic carbocycles. The van der Waals surface area contributed by atoms with Crippen molar-refractivity contribution in [2.75, 3.05) is 13.2 Å². The molecule has 86 valence electrons. The van der Waals surface area contributed by atoms with Crippen LogP contribution in [0.2, 0.25) is 0 Å². The molecule has 0 unspecified atom stereocenters. The second-order valence-electron chi connectivity index (χ2n) is 2.06.